The van der Waals surface area contributed by atoms with Gasteiger partial charge in [0.25, 0.3) is 11.5 Å². The second kappa shape index (κ2) is 5.84. The summed E-state index contributed by atoms with van der Waals surface area (Å²) in [5.41, 5.74) is 2.51. The maximum absolute atomic E-state index is 12.0. The van der Waals surface area contributed by atoms with Crippen LogP contribution in [0.1, 0.15) is 20.3 Å². The number of hydrogen-bond acceptors (Lipinski definition) is 3. The summed E-state index contributed by atoms with van der Waals surface area (Å²) in [7, 11) is 0. The van der Waals surface area contributed by atoms with E-state index in [-0.39, 0.29) is 11.5 Å². The molecule has 1 saturated heterocycles. The van der Waals surface area contributed by atoms with Crippen LogP contribution >= 0.6 is 0 Å². The number of carbonyl (C=O) groups is 1. The van der Waals surface area contributed by atoms with Crippen molar-refractivity contribution in [1.29, 1.82) is 0 Å². The summed E-state index contributed by atoms with van der Waals surface area (Å²) in [5.74, 6) is -0.0989. The number of nitrogens with zero attached hydrogens (tertiary/aromatic N) is 1. The SMILES string of the molecule is CCCn1cc(NC(=O)C(C)=C2CNC2)ccc1=O. The van der Waals surface area contributed by atoms with Crippen molar-refractivity contribution in [3.8, 4) is 0 Å². The summed E-state index contributed by atoms with van der Waals surface area (Å²) in [6, 6.07) is 3.13. The molecule has 1 amide bonds. The molecule has 0 atom stereocenters. The number of rotatable bonds is 4. The van der Waals surface area contributed by atoms with Crippen LogP contribution in [0.2, 0.25) is 0 Å². The summed E-state index contributed by atoms with van der Waals surface area (Å²) >= 11 is 0. The van der Waals surface area contributed by atoms with Crippen LogP contribution in [-0.2, 0) is 11.3 Å². The minimum atomic E-state index is -0.0989. The third-order valence-corrected chi connectivity index (χ3v) is 3.25. The van der Waals surface area contributed by atoms with E-state index in [1.807, 2.05) is 13.8 Å². The lowest BCUT2D eigenvalue weighted by Crippen LogP contribution is -2.36. The number of amides is 1. The Morgan fingerprint density at radius 2 is 2.16 bits per heavy atom. The highest BCUT2D eigenvalue weighted by Crippen LogP contribution is 2.12. The Kier molecular flexibility index (Phi) is 4.16. The van der Waals surface area contributed by atoms with Crippen molar-refractivity contribution in [2.75, 3.05) is 18.4 Å². The van der Waals surface area contributed by atoms with E-state index < -0.39 is 0 Å². The molecule has 2 N–H and O–H groups in total. The molecule has 102 valence electrons. The Bertz CT molecular complexity index is 566. The van der Waals surface area contributed by atoms with Gasteiger partial charge in [-0.05, 0) is 25.0 Å². The molecule has 5 heteroatoms. The summed E-state index contributed by atoms with van der Waals surface area (Å²) in [4.78, 5) is 23.6. The predicted molar refractivity (Wildman–Crippen MR) is 75.2 cm³/mol. The van der Waals surface area contributed by atoms with Gasteiger partial charge in [-0.3, -0.25) is 9.59 Å². The highest BCUT2D eigenvalue weighted by Gasteiger charge is 2.16. The van der Waals surface area contributed by atoms with Gasteiger partial charge in [-0.2, -0.15) is 0 Å². The van der Waals surface area contributed by atoms with Crippen molar-refractivity contribution in [2.24, 2.45) is 0 Å². The molecule has 1 aromatic rings. The molecule has 2 heterocycles. The standard InChI is InChI=1S/C14H19N3O2/c1-3-6-17-9-12(4-5-13(17)18)16-14(19)10(2)11-7-15-8-11/h4-5,9,15H,3,6-8H2,1-2H3,(H,16,19). The molecular formula is C14H19N3O2. The van der Waals surface area contributed by atoms with Crippen LogP contribution in [0.3, 0.4) is 0 Å². The van der Waals surface area contributed by atoms with Crippen molar-refractivity contribution in [3.05, 3.63) is 39.8 Å². The molecule has 0 aromatic carbocycles. The van der Waals surface area contributed by atoms with Gasteiger partial charge in [0, 0.05) is 37.5 Å². The molecule has 0 spiro atoms. The number of pyridine rings is 1. The van der Waals surface area contributed by atoms with Crippen molar-refractivity contribution in [3.63, 3.8) is 0 Å². The Labute approximate surface area is 112 Å². The Balaban J connectivity index is 2.13. The lowest BCUT2D eigenvalue weighted by atomic mass is 10.0. The topological polar surface area (TPSA) is 63.1 Å². The van der Waals surface area contributed by atoms with Crippen LogP contribution in [0.15, 0.2) is 34.3 Å². The predicted octanol–water partition coefficient (Wildman–Crippen LogP) is 1.12. The van der Waals surface area contributed by atoms with E-state index in [1.165, 1.54) is 6.07 Å². The second-order valence-electron chi connectivity index (χ2n) is 4.74. The van der Waals surface area contributed by atoms with E-state index in [2.05, 4.69) is 10.6 Å². The minimum Gasteiger partial charge on any atom is -0.321 e. The summed E-state index contributed by atoms with van der Waals surface area (Å²) < 4.78 is 1.61. The molecule has 2 rings (SSSR count). The number of hydrogen-bond donors (Lipinski definition) is 2. The van der Waals surface area contributed by atoms with Crippen LogP contribution in [0, 0.1) is 0 Å². The highest BCUT2D eigenvalue weighted by atomic mass is 16.1. The zero-order valence-corrected chi connectivity index (χ0v) is 11.3. The zero-order chi connectivity index (χ0) is 13.8. The number of aryl methyl sites for hydroxylation is 1. The van der Waals surface area contributed by atoms with E-state index in [1.54, 1.807) is 16.8 Å². The van der Waals surface area contributed by atoms with E-state index in [9.17, 15) is 9.59 Å². The summed E-state index contributed by atoms with van der Waals surface area (Å²) in [5, 5.41) is 5.94. The first kappa shape index (κ1) is 13.5. The van der Waals surface area contributed by atoms with Crippen molar-refractivity contribution >= 4 is 11.6 Å². The fourth-order valence-electron chi connectivity index (χ4n) is 1.92. The van der Waals surface area contributed by atoms with Crippen LogP contribution in [-0.4, -0.2) is 23.6 Å². The molecule has 19 heavy (non-hydrogen) atoms. The number of aromatic nitrogens is 1. The molecule has 1 aliphatic heterocycles. The molecule has 0 saturated carbocycles. The summed E-state index contributed by atoms with van der Waals surface area (Å²) in [6.07, 6.45) is 2.58. The summed E-state index contributed by atoms with van der Waals surface area (Å²) in [6.45, 7) is 6.07. The molecule has 0 radical (unpaired) electrons. The number of nitrogens with one attached hydrogen (secondary N) is 2. The first-order valence-electron chi connectivity index (χ1n) is 6.53. The van der Waals surface area contributed by atoms with Gasteiger partial charge < -0.3 is 15.2 Å². The molecule has 0 bridgehead atoms. The van der Waals surface area contributed by atoms with Gasteiger partial charge in [0.05, 0.1) is 5.69 Å². The van der Waals surface area contributed by atoms with E-state index in [0.717, 1.165) is 30.7 Å². The maximum atomic E-state index is 12.0. The van der Waals surface area contributed by atoms with Gasteiger partial charge in [0.2, 0.25) is 0 Å². The highest BCUT2D eigenvalue weighted by molar-refractivity contribution is 6.03. The lowest BCUT2D eigenvalue weighted by Gasteiger charge is -2.21. The number of anilines is 1. The van der Waals surface area contributed by atoms with Gasteiger partial charge in [-0.1, -0.05) is 6.92 Å². The van der Waals surface area contributed by atoms with Gasteiger partial charge in [-0.25, -0.2) is 0 Å². The smallest absolute Gasteiger partial charge is 0.251 e. The molecule has 0 unspecified atom stereocenters. The fraction of sp³-hybridized carbons (Fsp3) is 0.429. The van der Waals surface area contributed by atoms with E-state index in [4.69, 9.17) is 0 Å². The van der Waals surface area contributed by atoms with Crippen LogP contribution in [0.5, 0.6) is 0 Å². The minimum absolute atomic E-state index is 0.0434. The Hall–Kier alpha value is -1.88. The second-order valence-corrected chi connectivity index (χ2v) is 4.74. The van der Waals surface area contributed by atoms with Crippen LogP contribution in [0.4, 0.5) is 5.69 Å². The average Bonchev–Trinajstić information content (AvgIpc) is 2.31. The fourth-order valence-corrected chi connectivity index (χ4v) is 1.92. The van der Waals surface area contributed by atoms with Gasteiger partial charge >= 0.3 is 0 Å². The zero-order valence-electron chi connectivity index (χ0n) is 11.3. The third-order valence-electron chi connectivity index (χ3n) is 3.25. The molecular weight excluding hydrogens is 242 g/mol. The van der Waals surface area contributed by atoms with Crippen LogP contribution in [0.25, 0.3) is 0 Å². The first-order valence-corrected chi connectivity index (χ1v) is 6.53. The first-order chi connectivity index (χ1) is 9.11. The average molecular weight is 261 g/mol. The maximum Gasteiger partial charge on any atom is 0.251 e. The molecule has 1 fully saturated rings. The van der Waals surface area contributed by atoms with Crippen molar-refractivity contribution in [1.82, 2.24) is 9.88 Å². The van der Waals surface area contributed by atoms with Crippen LogP contribution < -0.4 is 16.2 Å². The lowest BCUT2D eigenvalue weighted by molar-refractivity contribution is -0.112. The monoisotopic (exact) mass is 261 g/mol. The molecule has 1 aromatic heterocycles. The largest absolute Gasteiger partial charge is 0.321 e. The normalized spacial score (nSPS) is 13.9. The third kappa shape index (κ3) is 3.12. The van der Waals surface area contributed by atoms with E-state index >= 15 is 0 Å². The quantitative estimate of drug-likeness (QED) is 0.798. The molecule has 0 aliphatic carbocycles. The Morgan fingerprint density at radius 3 is 2.74 bits per heavy atom. The van der Waals surface area contributed by atoms with E-state index in [0.29, 0.717) is 12.2 Å². The molecule has 1 aliphatic rings. The molecule has 5 nitrogen and oxygen atoms in total. The van der Waals surface area contributed by atoms with Crippen molar-refractivity contribution in [2.45, 2.75) is 26.8 Å². The van der Waals surface area contributed by atoms with Gasteiger partial charge in [0.15, 0.2) is 0 Å². The number of carbonyl (C=O) groups excluding carboxylic acids is 1. The van der Waals surface area contributed by atoms with Gasteiger partial charge in [0.1, 0.15) is 0 Å². The van der Waals surface area contributed by atoms with Crippen molar-refractivity contribution < 1.29 is 4.79 Å². The Morgan fingerprint density at radius 1 is 1.42 bits per heavy atom. The van der Waals surface area contributed by atoms with Gasteiger partial charge in [-0.15, -0.1) is 0 Å².